The molecule has 0 aromatic carbocycles. The highest BCUT2D eigenvalue weighted by atomic mass is 16.2. The topological polar surface area (TPSA) is 33.5 Å². The van der Waals surface area contributed by atoms with Crippen LogP contribution >= 0.6 is 0 Å². The number of rotatable bonds is 5. The molecule has 0 unspecified atom stereocenters. The Bertz CT molecular complexity index is 313. The van der Waals surface area contributed by atoms with Gasteiger partial charge in [0.05, 0.1) is 13.1 Å². The highest BCUT2D eigenvalue weighted by Gasteiger charge is 2.51. The van der Waals surface area contributed by atoms with Crippen LogP contribution < -0.4 is 10.2 Å². The maximum absolute atomic E-state index is 12.3. The zero-order chi connectivity index (χ0) is 13.5. The fourth-order valence-corrected chi connectivity index (χ4v) is 5.33. The molecule has 0 saturated heterocycles. The van der Waals surface area contributed by atoms with Gasteiger partial charge >= 0.3 is 0 Å². The average Bonchev–Trinajstić information content (AvgIpc) is 2.33. The number of hydrogen-bond acceptors (Lipinski definition) is 1. The van der Waals surface area contributed by atoms with Gasteiger partial charge in [-0.05, 0) is 70.1 Å². The molecule has 0 heterocycles. The highest BCUT2D eigenvalue weighted by molar-refractivity contribution is 5.77. The third kappa shape index (κ3) is 2.67. The molecule has 0 atom stereocenters. The van der Waals surface area contributed by atoms with Crippen molar-refractivity contribution < 1.29 is 9.69 Å². The van der Waals surface area contributed by atoms with Crippen LogP contribution in [0.15, 0.2) is 0 Å². The second-order valence-electron chi connectivity index (χ2n) is 7.38. The van der Waals surface area contributed by atoms with Crippen molar-refractivity contribution in [2.75, 3.05) is 19.6 Å². The lowest BCUT2D eigenvalue weighted by atomic mass is 9.53. The first kappa shape index (κ1) is 13.4. The molecular weight excluding hydrogens is 236 g/mol. The van der Waals surface area contributed by atoms with Crippen LogP contribution in [0, 0.1) is 17.8 Å². The van der Waals surface area contributed by atoms with Crippen LogP contribution in [-0.4, -0.2) is 31.1 Å². The Labute approximate surface area is 117 Å². The summed E-state index contributed by atoms with van der Waals surface area (Å²) < 4.78 is 0. The zero-order valence-electron chi connectivity index (χ0n) is 12.5. The summed E-state index contributed by atoms with van der Waals surface area (Å²) in [5.41, 5.74) is 0.193. The van der Waals surface area contributed by atoms with E-state index >= 15 is 0 Å². The van der Waals surface area contributed by atoms with Crippen LogP contribution in [0.1, 0.15) is 52.4 Å². The predicted octanol–water partition coefficient (Wildman–Crippen LogP) is 0.996. The van der Waals surface area contributed by atoms with Crippen LogP contribution in [-0.2, 0) is 4.79 Å². The lowest BCUT2D eigenvalue weighted by molar-refractivity contribution is -0.888. The van der Waals surface area contributed by atoms with Crippen LogP contribution in [0.2, 0.25) is 0 Å². The van der Waals surface area contributed by atoms with Crippen molar-refractivity contribution in [1.82, 2.24) is 5.32 Å². The van der Waals surface area contributed by atoms with E-state index in [1.54, 1.807) is 0 Å². The van der Waals surface area contributed by atoms with Gasteiger partial charge in [-0.25, -0.2) is 0 Å². The molecule has 3 heteroatoms. The molecule has 4 aliphatic rings. The molecule has 0 spiro atoms. The van der Waals surface area contributed by atoms with Gasteiger partial charge in [-0.1, -0.05) is 0 Å². The molecule has 4 rings (SSSR count). The van der Waals surface area contributed by atoms with Gasteiger partial charge in [0.1, 0.15) is 0 Å². The van der Waals surface area contributed by atoms with E-state index < -0.39 is 0 Å². The van der Waals surface area contributed by atoms with Crippen molar-refractivity contribution >= 4 is 5.91 Å². The molecule has 19 heavy (non-hydrogen) atoms. The van der Waals surface area contributed by atoms with E-state index in [0.717, 1.165) is 30.8 Å². The molecule has 2 N–H and O–H groups in total. The van der Waals surface area contributed by atoms with Crippen molar-refractivity contribution in [3.8, 4) is 0 Å². The average molecular weight is 265 g/mol. The van der Waals surface area contributed by atoms with Gasteiger partial charge in [-0.15, -0.1) is 0 Å². The normalized spacial score (nSPS) is 39.8. The molecule has 4 bridgehead atoms. The Morgan fingerprint density at radius 2 is 1.53 bits per heavy atom. The smallest absolute Gasteiger partial charge is 0.275 e. The predicted molar refractivity (Wildman–Crippen MR) is 76.0 cm³/mol. The minimum absolute atomic E-state index is 0.193. The molecule has 4 aliphatic carbocycles. The third-order valence-corrected chi connectivity index (χ3v) is 5.85. The lowest BCUT2D eigenvalue weighted by Crippen LogP contribution is -3.12. The number of carbonyl (C=O) groups excluding carboxylic acids is 1. The molecule has 1 amide bonds. The van der Waals surface area contributed by atoms with Crippen LogP contribution in [0.25, 0.3) is 0 Å². The minimum Gasteiger partial charge on any atom is -0.346 e. The second kappa shape index (κ2) is 5.08. The van der Waals surface area contributed by atoms with E-state index in [1.165, 1.54) is 43.4 Å². The number of carbonyl (C=O) groups is 1. The fraction of sp³-hybridized carbons (Fsp3) is 0.938. The molecule has 4 fully saturated rings. The SMILES string of the molecule is CC[NH+](CC)CC(=O)NC12CC3CC(CC(C3)C1)C2. The van der Waals surface area contributed by atoms with Crippen molar-refractivity contribution in [1.29, 1.82) is 0 Å². The van der Waals surface area contributed by atoms with E-state index in [1.807, 2.05) is 0 Å². The Balaban J connectivity index is 1.61. The van der Waals surface area contributed by atoms with Crippen LogP contribution in [0.4, 0.5) is 0 Å². The van der Waals surface area contributed by atoms with Crippen molar-refractivity contribution in [3.05, 3.63) is 0 Å². The number of nitrogens with one attached hydrogen (secondary N) is 2. The van der Waals surface area contributed by atoms with Gasteiger partial charge in [0.2, 0.25) is 0 Å². The van der Waals surface area contributed by atoms with Crippen LogP contribution in [0.3, 0.4) is 0 Å². The summed E-state index contributed by atoms with van der Waals surface area (Å²) >= 11 is 0. The molecule has 0 aliphatic heterocycles. The second-order valence-corrected chi connectivity index (χ2v) is 7.38. The number of quaternary nitrogens is 1. The van der Waals surface area contributed by atoms with Gasteiger partial charge in [-0.2, -0.15) is 0 Å². The van der Waals surface area contributed by atoms with Crippen molar-refractivity contribution in [2.24, 2.45) is 17.8 Å². The van der Waals surface area contributed by atoms with Gasteiger partial charge in [0.25, 0.3) is 5.91 Å². The quantitative estimate of drug-likeness (QED) is 0.764. The van der Waals surface area contributed by atoms with E-state index in [9.17, 15) is 4.79 Å². The Morgan fingerprint density at radius 3 is 1.95 bits per heavy atom. The van der Waals surface area contributed by atoms with E-state index in [-0.39, 0.29) is 5.54 Å². The zero-order valence-corrected chi connectivity index (χ0v) is 12.5. The summed E-state index contributed by atoms with van der Waals surface area (Å²) in [4.78, 5) is 13.7. The van der Waals surface area contributed by atoms with Crippen molar-refractivity contribution in [2.45, 2.75) is 57.9 Å². The number of amides is 1. The summed E-state index contributed by atoms with van der Waals surface area (Å²) in [6, 6.07) is 0. The van der Waals surface area contributed by atoms with Crippen molar-refractivity contribution in [3.63, 3.8) is 0 Å². The molecule has 4 saturated carbocycles. The van der Waals surface area contributed by atoms with E-state index in [0.29, 0.717) is 12.5 Å². The standard InChI is InChI=1S/C16H28N2O/c1-3-18(4-2)11-15(19)17-16-8-12-5-13(9-16)7-14(6-12)10-16/h12-14H,3-11H2,1-2H3,(H,17,19)/p+1. The van der Waals surface area contributed by atoms with E-state index in [4.69, 9.17) is 0 Å². The summed E-state index contributed by atoms with van der Waals surface area (Å²) in [5.74, 6) is 3.02. The largest absolute Gasteiger partial charge is 0.346 e. The molecule has 108 valence electrons. The maximum atomic E-state index is 12.3. The maximum Gasteiger partial charge on any atom is 0.275 e. The summed E-state index contributed by atoms with van der Waals surface area (Å²) in [5, 5.41) is 3.46. The van der Waals surface area contributed by atoms with Gasteiger partial charge in [-0.3, -0.25) is 4.79 Å². The Kier molecular flexibility index (Phi) is 3.59. The third-order valence-electron chi connectivity index (χ3n) is 5.85. The van der Waals surface area contributed by atoms with E-state index in [2.05, 4.69) is 19.2 Å². The summed E-state index contributed by atoms with van der Waals surface area (Å²) in [6.45, 7) is 7.08. The number of hydrogen-bond donors (Lipinski definition) is 2. The van der Waals surface area contributed by atoms with Gasteiger partial charge in [0.15, 0.2) is 6.54 Å². The summed E-state index contributed by atoms with van der Waals surface area (Å²) in [6.07, 6.45) is 8.11. The first-order valence-corrected chi connectivity index (χ1v) is 8.27. The molecule has 3 nitrogen and oxygen atoms in total. The first-order valence-electron chi connectivity index (χ1n) is 8.27. The number of likely N-dealkylation sites (N-methyl/N-ethyl adjacent to an activating group) is 1. The molecule has 0 aromatic heterocycles. The Hall–Kier alpha value is -0.570. The molecule has 0 radical (unpaired) electrons. The monoisotopic (exact) mass is 265 g/mol. The first-order chi connectivity index (χ1) is 9.12. The Morgan fingerprint density at radius 1 is 1.05 bits per heavy atom. The van der Waals surface area contributed by atoms with Crippen LogP contribution in [0.5, 0.6) is 0 Å². The summed E-state index contributed by atoms with van der Waals surface area (Å²) in [7, 11) is 0. The molecule has 0 aromatic rings. The lowest BCUT2D eigenvalue weighted by Gasteiger charge is -2.56. The van der Waals surface area contributed by atoms with Gasteiger partial charge < -0.3 is 10.2 Å². The fourth-order valence-electron chi connectivity index (χ4n) is 5.33. The highest BCUT2D eigenvalue weighted by Crippen LogP contribution is 2.55. The minimum atomic E-state index is 0.193. The molecular formula is C16H29N2O+. The van der Waals surface area contributed by atoms with Gasteiger partial charge in [0, 0.05) is 5.54 Å².